The lowest BCUT2D eigenvalue weighted by Gasteiger charge is -2.28. The third-order valence-electron chi connectivity index (χ3n) is 7.92. The predicted molar refractivity (Wildman–Crippen MR) is 188 cm³/mol. The maximum Gasteiger partial charge on any atom is 0.262 e. The molecule has 2 fully saturated rings. The zero-order valence-electron chi connectivity index (χ0n) is 24.7. The molecule has 1 saturated carbocycles. The van der Waals surface area contributed by atoms with Crippen molar-refractivity contribution in [2.75, 3.05) is 34.8 Å². The number of piperidine rings is 1. The topological polar surface area (TPSA) is 234 Å². The first-order chi connectivity index (χ1) is 18.5. The van der Waals surface area contributed by atoms with Crippen molar-refractivity contribution in [2.45, 2.75) is 63.7 Å². The Morgan fingerprint density at radius 1 is 0.884 bits per heavy atom. The van der Waals surface area contributed by atoms with Gasteiger partial charge in [0.1, 0.15) is 11.6 Å². The number of phenolic OH excluding ortho intramolecular Hbond substituents is 1. The van der Waals surface area contributed by atoms with E-state index in [1.54, 1.807) is 23.1 Å². The van der Waals surface area contributed by atoms with Crippen molar-refractivity contribution in [2.24, 2.45) is 0 Å². The Bertz CT molecular complexity index is 1340. The Morgan fingerprint density at radius 3 is 2.28 bits per heavy atom. The molecule has 0 bridgehead atoms. The number of rotatable bonds is 5. The van der Waals surface area contributed by atoms with Gasteiger partial charge >= 0.3 is 0 Å². The van der Waals surface area contributed by atoms with E-state index in [4.69, 9.17) is 15.0 Å². The largest absolute Gasteiger partial charge is 0.507 e. The number of fused-ring (bicyclic) bond motifs is 1. The summed E-state index contributed by atoms with van der Waals surface area (Å²) in [6, 6.07) is 11.0. The van der Waals surface area contributed by atoms with E-state index in [9.17, 15) is 9.90 Å². The van der Waals surface area contributed by atoms with Gasteiger partial charge in [-0.05, 0) is 74.4 Å². The SMILES string of the molecule is Cl.N.N.N.N.O=C(c1ccc(Nc2nc(C3CCCCC3)nc(N3CCCCC3)n2)cc1O)N1CCc2cc(Br)ccc21.[HH].[HH].[HH].[HH]. The van der Waals surface area contributed by atoms with Crippen LogP contribution in [-0.4, -0.2) is 45.6 Å². The van der Waals surface area contributed by atoms with Gasteiger partial charge in [0.15, 0.2) is 0 Å². The fourth-order valence-electron chi connectivity index (χ4n) is 5.86. The molecule has 1 amide bonds. The van der Waals surface area contributed by atoms with Gasteiger partial charge in [-0.1, -0.05) is 35.2 Å². The van der Waals surface area contributed by atoms with Crippen LogP contribution >= 0.6 is 28.3 Å². The van der Waals surface area contributed by atoms with Gasteiger partial charge in [-0.3, -0.25) is 4.79 Å². The van der Waals surface area contributed by atoms with Crippen molar-refractivity contribution in [1.82, 2.24) is 39.6 Å². The molecule has 6 rings (SSSR count). The van der Waals surface area contributed by atoms with Gasteiger partial charge in [-0.25, -0.2) is 0 Å². The molecule has 14 heteroatoms. The third kappa shape index (κ3) is 8.31. The molecule has 1 aliphatic carbocycles. The van der Waals surface area contributed by atoms with Crippen LogP contribution in [-0.2, 0) is 6.42 Å². The molecule has 3 heterocycles. The fourth-order valence-corrected chi connectivity index (χ4v) is 6.27. The number of phenols is 1. The minimum absolute atomic E-state index is 0. The van der Waals surface area contributed by atoms with Crippen LogP contribution < -0.4 is 39.7 Å². The normalized spacial score (nSPS) is 15.8. The molecule has 3 aliphatic rings. The van der Waals surface area contributed by atoms with E-state index in [0.29, 0.717) is 24.1 Å². The van der Waals surface area contributed by atoms with Gasteiger partial charge in [0.25, 0.3) is 5.91 Å². The zero-order valence-corrected chi connectivity index (χ0v) is 27.1. The molecule has 0 spiro atoms. The Morgan fingerprint density at radius 2 is 1.58 bits per heavy atom. The summed E-state index contributed by atoms with van der Waals surface area (Å²) in [5.74, 6) is 2.16. The Kier molecular flexibility index (Phi) is 14.7. The van der Waals surface area contributed by atoms with E-state index in [2.05, 4.69) is 26.1 Å². The van der Waals surface area contributed by atoms with Crippen LogP contribution in [0.3, 0.4) is 0 Å². The van der Waals surface area contributed by atoms with E-state index in [1.165, 1.54) is 25.7 Å². The smallest absolute Gasteiger partial charge is 0.262 e. The Hall–Kier alpha value is -3.07. The average Bonchev–Trinajstić information content (AvgIpc) is 3.37. The van der Waals surface area contributed by atoms with Crippen molar-refractivity contribution in [3.8, 4) is 5.75 Å². The number of amides is 1. The molecule has 0 atom stereocenters. The molecular formula is C29H54BrClN10O2. The van der Waals surface area contributed by atoms with Crippen LogP contribution in [0, 0.1) is 0 Å². The summed E-state index contributed by atoms with van der Waals surface area (Å²) in [5.41, 5.74) is 2.93. The maximum atomic E-state index is 13.3. The molecule has 3 aromatic rings. The number of aromatic nitrogens is 3. The number of nitrogens with one attached hydrogen (secondary N) is 1. The summed E-state index contributed by atoms with van der Waals surface area (Å²) in [5, 5.41) is 14.1. The number of halogens is 2. The van der Waals surface area contributed by atoms with Gasteiger partial charge in [0, 0.05) is 53.2 Å². The Labute approximate surface area is 274 Å². The molecular weight excluding hydrogens is 636 g/mol. The third-order valence-corrected chi connectivity index (χ3v) is 8.41. The van der Waals surface area contributed by atoms with Crippen molar-refractivity contribution in [3.63, 3.8) is 0 Å². The highest BCUT2D eigenvalue weighted by atomic mass is 79.9. The first kappa shape index (κ1) is 38.0. The number of hydrogen-bond acceptors (Lipinski definition) is 11. The highest BCUT2D eigenvalue weighted by Gasteiger charge is 2.28. The van der Waals surface area contributed by atoms with Crippen molar-refractivity contribution >= 4 is 57.5 Å². The zero-order chi connectivity index (χ0) is 26.1. The molecule has 0 unspecified atom stereocenters. The van der Waals surface area contributed by atoms with E-state index in [0.717, 1.165) is 72.7 Å². The summed E-state index contributed by atoms with van der Waals surface area (Å²) in [7, 11) is 0. The van der Waals surface area contributed by atoms with Gasteiger partial charge in [-0.2, -0.15) is 15.0 Å². The maximum absolute atomic E-state index is 13.3. The summed E-state index contributed by atoms with van der Waals surface area (Å²) in [6.07, 6.45) is 10.2. The first-order valence-electron chi connectivity index (χ1n) is 13.8. The van der Waals surface area contributed by atoms with Crippen molar-refractivity contribution in [1.29, 1.82) is 0 Å². The highest BCUT2D eigenvalue weighted by Crippen LogP contribution is 2.35. The van der Waals surface area contributed by atoms with Crippen LogP contribution in [0.2, 0.25) is 0 Å². The number of anilines is 4. The van der Waals surface area contributed by atoms with Gasteiger partial charge in [-0.15, -0.1) is 12.4 Å². The standard InChI is InChI=1S/C29H33BrN6O2.ClH.4H3N.4H2/c30-21-9-12-24-20(17-21)13-16-36(24)27(38)23-11-10-22(18-25(23)37)31-28-32-26(19-7-3-1-4-8-19)33-29(34-28)35-14-5-2-6-15-35;;;;;;;;;/h9-12,17-19,37H,1-8,13-16H2,(H,31,32,33,34);1H;4*1H3;4*1H. The molecule has 1 saturated heterocycles. The van der Waals surface area contributed by atoms with Crippen LogP contribution in [0.15, 0.2) is 40.9 Å². The molecule has 2 aliphatic heterocycles. The fraction of sp³-hybridized carbons (Fsp3) is 0.448. The van der Waals surface area contributed by atoms with Gasteiger partial charge in [0.05, 0.1) is 5.56 Å². The minimum atomic E-state index is -0.206. The van der Waals surface area contributed by atoms with Gasteiger partial charge in [0.2, 0.25) is 11.9 Å². The van der Waals surface area contributed by atoms with Crippen LogP contribution in [0.1, 0.15) is 84.7 Å². The monoisotopic (exact) mass is 688 g/mol. The van der Waals surface area contributed by atoms with E-state index >= 15 is 0 Å². The molecule has 1 aromatic heterocycles. The van der Waals surface area contributed by atoms with E-state index in [-0.39, 0.29) is 59.9 Å². The molecule has 246 valence electrons. The molecule has 2 aromatic carbocycles. The van der Waals surface area contributed by atoms with Crippen molar-refractivity contribution in [3.05, 3.63) is 57.8 Å². The second-order valence-corrected chi connectivity index (χ2v) is 11.5. The molecule has 12 nitrogen and oxygen atoms in total. The van der Waals surface area contributed by atoms with Crippen LogP contribution in [0.5, 0.6) is 5.75 Å². The summed E-state index contributed by atoms with van der Waals surface area (Å²) in [4.78, 5) is 31.8. The molecule has 0 radical (unpaired) electrons. The number of carbonyl (C=O) groups excluding carboxylic acids is 1. The summed E-state index contributed by atoms with van der Waals surface area (Å²) >= 11 is 3.50. The Balaban J connectivity index is -0.00000103. The van der Waals surface area contributed by atoms with Gasteiger partial charge < -0.3 is 44.8 Å². The quantitative estimate of drug-likeness (QED) is 0.149. The summed E-state index contributed by atoms with van der Waals surface area (Å²) < 4.78 is 0.997. The first-order valence-corrected chi connectivity index (χ1v) is 14.6. The van der Waals surface area contributed by atoms with E-state index in [1.807, 2.05) is 18.2 Å². The average molecular weight is 690 g/mol. The minimum Gasteiger partial charge on any atom is -0.507 e. The summed E-state index contributed by atoms with van der Waals surface area (Å²) in [6.45, 7) is 2.52. The second kappa shape index (κ2) is 16.7. The van der Waals surface area contributed by atoms with Crippen molar-refractivity contribution < 1.29 is 15.6 Å². The highest BCUT2D eigenvalue weighted by molar-refractivity contribution is 9.10. The van der Waals surface area contributed by atoms with E-state index < -0.39 is 0 Å². The number of carbonyl (C=O) groups is 1. The molecule has 43 heavy (non-hydrogen) atoms. The lowest BCUT2D eigenvalue weighted by atomic mass is 9.89. The number of benzene rings is 2. The lowest BCUT2D eigenvalue weighted by molar-refractivity contribution is 0.0987. The number of nitrogens with zero attached hydrogens (tertiary/aromatic N) is 5. The van der Waals surface area contributed by atoms with Crippen LogP contribution in [0.4, 0.5) is 23.3 Å². The number of hydrogen-bond donors (Lipinski definition) is 6. The number of aromatic hydroxyl groups is 1. The molecule has 14 N–H and O–H groups in total. The van der Waals surface area contributed by atoms with Crippen LogP contribution in [0.25, 0.3) is 0 Å². The predicted octanol–water partition coefficient (Wildman–Crippen LogP) is 8.38. The second-order valence-electron chi connectivity index (χ2n) is 10.5. The lowest BCUT2D eigenvalue weighted by Crippen LogP contribution is -2.32.